The summed E-state index contributed by atoms with van der Waals surface area (Å²) in [6, 6.07) is 22.1. The predicted molar refractivity (Wildman–Crippen MR) is 162 cm³/mol. The second-order valence-electron chi connectivity index (χ2n) is 10.9. The lowest BCUT2D eigenvalue weighted by molar-refractivity contribution is 0.313. The number of nitrogens with zero attached hydrogens (tertiary/aromatic N) is 4. The molecule has 1 aliphatic heterocycles. The van der Waals surface area contributed by atoms with Crippen LogP contribution < -0.4 is 16.1 Å². The average molecular weight is 545 g/mol. The van der Waals surface area contributed by atoms with Crippen LogP contribution in [0.1, 0.15) is 42.9 Å². The van der Waals surface area contributed by atoms with Crippen molar-refractivity contribution < 1.29 is 0 Å². The fourth-order valence-electron chi connectivity index (χ4n) is 5.44. The molecule has 39 heavy (non-hydrogen) atoms. The highest BCUT2D eigenvalue weighted by atomic mass is 35.5. The summed E-state index contributed by atoms with van der Waals surface area (Å²) in [7, 11) is 2.11. The summed E-state index contributed by atoms with van der Waals surface area (Å²) < 4.78 is 3.15. The van der Waals surface area contributed by atoms with Crippen LogP contribution in [0.4, 0.5) is 5.69 Å². The van der Waals surface area contributed by atoms with Crippen molar-refractivity contribution in [3.63, 3.8) is 0 Å². The van der Waals surface area contributed by atoms with E-state index in [1.165, 1.54) is 15.7 Å². The summed E-state index contributed by atoms with van der Waals surface area (Å²) >= 11 is 6.62. The highest BCUT2D eigenvalue weighted by molar-refractivity contribution is 6.31. The van der Waals surface area contributed by atoms with Gasteiger partial charge in [0.25, 0.3) is 5.56 Å². The zero-order valence-electron chi connectivity index (χ0n) is 23.1. The lowest BCUT2D eigenvalue weighted by Gasteiger charge is -2.34. The van der Waals surface area contributed by atoms with Crippen molar-refractivity contribution >= 4 is 28.2 Å². The molecule has 0 radical (unpaired) electrons. The minimum Gasteiger partial charge on any atom is -0.368 e. The number of halogens is 1. The van der Waals surface area contributed by atoms with E-state index in [1.54, 1.807) is 10.6 Å². The Labute approximate surface area is 235 Å². The van der Waals surface area contributed by atoms with Crippen LogP contribution in [0, 0.1) is 0 Å². The number of anilines is 1. The van der Waals surface area contributed by atoms with Crippen molar-refractivity contribution in [3.8, 4) is 0 Å². The standard InChI is InChI=1S/C32H37ClN4O2/c1-23(2)26-13-7-11-24(19-26)12-8-14-36-31(38)30-28(35-17-15-34(3)16-18-35)20-27(33)21-29(30)37(32(36)39)22-25-9-5-4-6-10-25/h4-7,9-11,13,19-21,23H,8,12,14-18,22H2,1-3H3. The van der Waals surface area contributed by atoms with Crippen LogP contribution >= 0.6 is 11.6 Å². The first-order chi connectivity index (χ1) is 18.8. The molecule has 7 heteroatoms. The smallest absolute Gasteiger partial charge is 0.331 e. The number of fused-ring (bicyclic) bond motifs is 1. The summed E-state index contributed by atoms with van der Waals surface area (Å²) in [6.07, 6.45) is 1.50. The van der Waals surface area contributed by atoms with Crippen molar-refractivity contribution in [1.29, 1.82) is 0 Å². The maximum Gasteiger partial charge on any atom is 0.331 e. The molecule has 0 spiro atoms. The van der Waals surface area contributed by atoms with Gasteiger partial charge in [-0.05, 0) is 54.6 Å². The number of benzene rings is 3. The van der Waals surface area contributed by atoms with E-state index in [0.29, 0.717) is 41.4 Å². The van der Waals surface area contributed by atoms with E-state index in [1.807, 2.05) is 36.4 Å². The summed E-state index contributed by atoms with van der Waals surface area (Å²) in [5.74, 6) is 0.457. The van der Waals surface area contributed by atoms with E-state index in [-0.39, 0.29) is 11.2 Å². The van der Waals surface area contributed by atoms with Crippen LogP contribution in [0.15, 0.2) is 76.3 Å². The van der Waals surface area contributed by atoms with Crippen molar-refractivity contribution in [2.45, 2.75) is 45.7 Å². The highest BCUT2D eigenvalue weighted by Gasteiger charge is 2.22. The number of hydrogen-bond donors (Lipinski definition) is 0. The zero-order chi connectivity index (χ0) is 27.5. The van der Waals surface area contributed by atoms with Crippen LogP contribution in [-0.2, 0) is 19.5 Å². The van der Waals surface area contributed by atoms with Crippen molar-refractivity contribution in [1.82, 2.24) is 14.0 Å². The van der Waals surface area contributed by atoms with Crippen molar-refractivity contribution in [2.24, 2.45) is 0 Å². The number of piperazine rings is 1. The summed E-state index contributed by atoms with van der Waals surface area (Å²) in [5.41, 5.74) is 4.41. The van der Waals surface area contributed by atoms with Gasteiger partial charge in [-0.1, -0.05) is 80.0 Å². The third-order valence-electron chi connectivity index (χ3n) is 7.77. The average Bonchev–Trinajstić information content (AvgIpc) is 2.93. The van der Waals surface area contributed by atoms with Gasteiger partial charge in [0.2, 0.25) is 0 Å². The fourth-order valence-corrected chi connectivity index (χ4v) is 5.65. The Hall–Kier alpha value is -3.35. The van der Waals surface area contributed by atoms with Gasteiger partial charge in [0.05, 0.1) is 23.1 Å². The molecule has 0 atom stereocenters. The van der Waals surface area contributed by atoms with E-state index >= 15 is 0 Å². The van der Waals surface area contributed by atoms with E-state index in [0.717, 1.165) is 43.9 Å². The van der Waals surface area contributed by atoms with Gasteiger partial charge in [-0.2, -0.15) is 0 Å². The van der Waals surface area contributed by atoms with E-state index in [9.17, 15) is 9.59 Å². The lowest BCUT2D eigenvalue weighted by atomic mass is 9.99. The Morgan fingerprint density at radius 3 is 2.28 bits per heavy atom. The summed E-state index contributed by atoms with van der Waals surface area (Å²) in [5, 5.41) is 1.10. The quantitative estimate of drug-likeness (QED) is 0.299. The van der Waals surface area contributed by atoms with Crippen LogP contribution in [0.2, 0.25) is 5.02 Å². The predicted octanol–water partition coefficient (Wildman–Crippen LogP) is 5.37. The first-order valence-corrected chi connectivity index (χ1v) is 14.2. The summed E-state index contributed by atoms with van der Waals surface area (Å²) in [4.78, 5) is 32.5. The molecular formula is C32H37ClN4O2. The van der Waals surface area contributed by atoms with Gasteiger partial charge >= 0.3 is 5.69 Å². The van der Waals surface area contributed by atoms with E-state index in [4.69, 9.17) is 11.6 Å². The molecule has 1 saturated heterocycles. The Bertz CT molecular complexity index is 1570. The number of aryl methyl sites for hydroxylation is 1. The molecule has 204 valence electrons. The van der Waals surface area contributed by atoms with E-state index < -0.39 is 0 Å². The maximum absolute atomic E-state index is 14.0. The Morgan fingerprint density at radius 2 is 1.56 bits per heavy atom. The lowest BCUT2D eigenvalue weighted by Crippen LogP contribution is -2.46. The van der Waals surface area contributed by atoms with Gasteiger partial charge in [-0.25, -0.2) is 4.79 Å². The van der Waals surface area contributed by atoms with Crippen LogP contribution in [0.5, 0.6) is 0 Å². The largest absolute Gasteiger partial charge is 0.368 e. The van der Waals surface area contributed by atoms with Gasteiger partial charge < -0.3 is 9.80 Å². The first kappa shape index (κ1) is 27.2. The maximum atomic E-state index is 14.0. The molecule has 0 saturated carbocycles. The monoisotopic (exact) mass is 544 g/mol. The molecule has 1 aromatic heterocycles. The molecule has 0 unspecified atom stereocenters. The van der Waals surface area contributed by atoms with Gasteiger partial charge in [-0.15, -0.1) is 0 Å². The molecule has 0 aliphatic carbocycles. The van der Waals surface area contributed by atoms with Crippen molar-refractivity contribution in [3.05, 3.63) is 109 Å². The van der Waals surface area contributed by atoms with Crippen LogP contribution in [-0.4, -0.2) is 47.3 Å². The minimum atomic E-state index is -0.293. The SMILES string of the molecule is CC(C)c1cccc(CCCn2c(=O)c3c(N4CCN(C)CC4)cc(Cl)cc3n(Cc3ccccc3)c2=O)c1. The van der Waals surface area contributed by atoms with Gasteiger partial charge in [0, 0.05) is 37.7 Å². The second-order valence-corrected chi connectivity index (χ2v) is 11.4. The number of rotatable bonds is 8. The molecule has 0 N–H and O–H groups in total. The number of hydrogen-bond acceptors (Lipinski definition) is 4. The molecule has 3 aromatic carbocycles. The molecule has 2 heterocycles. The van der Waals surface area contributed by atoms with Crippen LogP contribution in [0.3, 0.4) is 0 Å². The molecule has 0 amide bonds. The van der Waals surface area contributed by atoms with Gasteiger partial charge in [0.1, 0.15) is 0 Å². The first-order valence-electron chi connectivity index (χ1n) is 13.8. The van der Waals surface area contributed by atoms with Gasteiger partial charge in [0.15, 0.2) is 0 Å². The van der Waals surface area contributed by atoms with E-state index in [2.05, 4.69) is 55.0 Å². The third-order valence-corrected chi connectivity index (χ3v) is 7.98. The molecule has 6 nitrogen and oxygen atoms in total. The Morgan fingerprint density at radius 1 is 0.846 bits per heavy atom. The fraction of sp³-hybridized carbons (Fsp3) is 0.375. The van der Waals surface area contributed by atoms with Crippen molar-refractivity contribution in [2.75, 3.05) is 38.1 Å². The number of likely N-dealkylation sites (N-methyl/N-ethyl adjacent to an activating group) is 1. The summed E-state index contributed by atoms with van der Waals surface area (Å²) in [6.45, 7) is 8.52. The van der Waals surface area contributed by atoms with Gasteiger partial charge in [-0.3, -0.25) is 13.9 Å². The molecule has 5 rings (SSSR count). The number of aromatic nitrogens is 2. The zero-order valence-corrected chi connectivity index (χ0v) is 23.8. The molecule has 0 bridgehead atoms. The topological polar surface area (TPSA) is 50.5 Å². The third kappa shape index (κ3) is 5.97. The minimum absolute atomic E-state index is 0.235. The normalized spacial score (nSPS) is 14.4. The Balaban J connectivity index is 1.58. The molecular weight excluding hydrogens is 508 g/mol. The Kier molecular flexibility index (Phi) is 8.24. The molecule has 1 aliphatic rings. The molecule has 1 fully saturated rings. The second kappa shape index (κ2) is 11.8. The highest BCUT2D eigenvalue weighted by Crippen LogP contribution is 2.29. The van der Waals surface area contributed by atoms with Crippen LogP contribution in [0.25, 0.3) is 10.9 Å². The molecule has 4 aromatic rings.